The van der Waals surface area contributed by atoms with Crippen LogP contribution in [0.3, 0.4) is 0 Å². The first kappa shape index (κ1) is 90.3. The highest BCUT2D eigenvalue weighted by molar-refractivity contribution is 6.09. The molecule has 0 unspecified atom stereocenters. The summed E-state index contributed by atoms with van der Waals surface area (Å²) >= 11 is 0. The Hall–Kier alpha value is -17.6. The normalized spacial score (nSPS) is 11.4. The van der Waals surface area contributed by atoms with Gasteiger partial charge < -0.3 is 21.3 Å². The van der Waals surface area contributed by atoms with Gasteiger partial charge in [0.25, 0.3) is 23.6 Å². The Morgan fingerprint density at radius 1 is 0.294 bits per heavy atom. The molecular formula is C105H77F9N18O4. The fourth-order valence-electron chi connectivity index (χ4n) is 15.5. The number of benzene rings is 8. The number of alkyl halides is 9. The van der Waals surface area contributed by atoms with Gasteiger partial charge in [-0.1, -0.05) is 131 Å². The SMILES string of the molecule is Cc1ccc(NC(=O)c2cc(-c3cccn4c(-c5ccccn5)ncc34)ccc2C(F)(F)F)cc1.Cc1ccc(NC(=O)c2cc(-c3cccn4c(-c5cccnc5)ncc34)ccc2C(F)(F)F)cc1.Cc1ccc(NC(=O)c2cc(-c3cccn4c(-c5ccn[nH]5)ncc34)ccc2C)cc1.Cc1ccc(NC(=O)c2cc(-c3cccn4c(-c5ccncn5)ncc34)ccc2C(F)(F)F)cc1. The van der Waals surface area contributed by atoms with Gasteiger partial charge in [-0.25, -0.2) is 29.9 Å². The number of halogens is 9. The Morgan fingerprint density at radius 2 is 0.654 bits per heavy atom. The molecule has 0 aliphatic rings. The molecular weight excluding hydrogens is 1750 g/mol. The molecule has 0 aliphatic heterocycles. The number of aryl methyl sites for hydroxylation is 5. The third-order valence-electron chi connectivity index (χ3n) is 22.3. The summed E-state index contributed by atoms with van der Waals surface area (Å²) in [6.07, 6.45) is 9.82. The van der Waals surface area contributed by atoms with E-state index in [1.807, 2.05) is 151 Å². The van der Waals surface area contributed by atoms with Crippen molar-refractivity contribution in [3.63, 3.8) is 0 Å². The predicted octanol–water partition coefficient (Wildman–Crippen LogP) is 24.6. The number of H-pyrrole nitrogens is 1. The number of carbonyl (C=O) groups excluding carboxylic acids is 4. The third-order valence-corrected chi connectivity index (χ3v) is 22.3. The second kappa shape index (κ2) is 38.4. The predicted molar refractivity (Wildman–Crippen MR) is 504 cm³/mol. The lowest BCUT2D eigenvalue weighted by Crippen LogP contribution is -2.19. The minimum Gasteiger partial charge on any atom is -0.322 e. The summed E-state index contributed by atoms with van der Waals surface area (Å²) in [6.45, 7) is 9.61. The number of rotatable bonds is 16. The van der Waals surface area contributed by atoms with Crippen molar-refractivity contribution in [2.75, 3.05) is 21.3 Å². The van der Waals surface area contributed by atoms with E-state index in [0.29, 0.717) is 101 Å². The molecule has 8 aromatic carbocycles. The average molecular weight is 1830 g/mol. The molecule has 0 atom stereocenters. The van der Waals surface area contributed by atoms with Crippen molar-refractivity contribution < 1.29 is 58.7 Å². The number of anilines is 4. The van der Waals surface area contributed by atoms with Crippen molar-refractivity contribution in [2.45, 2.75) is 53.1 Å². The van der Waals surface area contributed by atoms with E-state index in [2.05, 4.69) is 71.3 Å². The van der Waals surface area contributed by atoms with Gasteiger partial charge in [0, 0.05) is 112 Å². The zero-order chi connectivity index (χ0) is 95.1. The van der Waals surface area contributed by atoms with Gasteiger partial charge in [-0.2, -0.15) is 44.6 Å². The van der Waals surface area contributed by atoms with Gasteiger partial charge in [0.05, 0.1) is 80.2 Å². The van der Waals surface area contributed by atoms with Crippen molar-refractivity contribution >= 4 is 68.4 Å². The molecule has 0 saturated heterocycles. The van der Waals surface area contributed by atoms with E-state index in [1.165, 1.54) is 42.7 Å². The van der Waals surface area contributed by atoms with Crippen molar-refractivity contribution in [1.82, 2.24) is 67.7 Å². The number of nitrogens with one attached hydrogen (secondary N) is 5. The monoisotopic (exact) mass is 1820 g/mol. The third kappa shape index (κ3) is 19.8. The van der Waals surface area contributed by atoms with Crippen LogP contribution in [0, 0.1) is 34.6 Å². The van der Waals surface area contributed by atoms with Crippen LogP contribution in [-0.4, -0.2) is 91.3 Å². The molecule has 674 valence electrons. The summed E-state index contributed by atoms with van der Waals surface area (Å²) in [5.74, 6) is -0.0256. The first-order valence-electron chi connectivity index (χ1n) is 42.2. The molecule has 0 aliphatic carbocycles. The maximum atomic E-state index is 13.8. The zero-order valence-electron chi connectivity index (χ0n) is 72.8. The highest BCUT2D eigenvalue weighted by atomic mass is 19.4. The Balaban J connectivity index is 0.000000126. The van der Waals surface area contributed by atoms with Crippen LogP contribution in [0.4, 0.5) is 62.3 Å². The topological polar surface area (TPSA) is 266 Å². The smallest absolute Gasteiger partial charge is 0.322 e. The van der Waals surface area contributed by atoms with Gasteiger partial charge in [-0.05, 0) is 214 Å². The molecule has 20 rings (SSSR count). The van der Waals surface area contributed by atoms with Crippen LogP contribution in [-0.2, 0) is 18.5 Å². The highest BCUT2D eigenvalue weighted by Crippen LogP contribution is 2.42. The van der Waals surface area contributed by atoms with Crippen LogP contribution in [0.15, 0.2) is 348 Å². The molecule has 4 amide bonds. The lowest BCUT2D eigenvalue weighted by Gasteiger charge is -2.15. The van der Waals surface area contributed by atoms with E-state index >= 15 is 0 Å². The fourth-order valence-corrected chi connectivity index (χ4v) is 15.5. The molecule has 12 aromatic heterocycles. The Labute approximate surface area is 770 Å². The second-order valence-corrected chi connectivity index (χ2v) is 31.6. The Kier molecular flexibility index (Phi) is 25.5. The van der Waals surface area contributed by atoms with E-state index in [0.717, 1.165) is 85.4 Å². The van der Waals surface area contributed by atoms with Crippen molar-refractivity contribution in [3.05, 3.63) is 415 Å². The average Bonchev–Trinajstić information content (AvgIpc) is 1.58. The fraction of sp³-hybridized carbons (Fsp3) is 0.0762. The Bertz CT molecular complexity index is 7240. The summed E-state index contributed by atoms with van der Waals surface area (Å²) in [5, 5.41) is 17.7. The number of carbonyl (C=O) groups is 4. The van der Waals surface area contributed by atoms with Crippen LogP contribution in [0.25, 0.3) is 113 Å². The number of hydrogen-bond acceptors (Lipinski definition) is 13. The number of nitrogens with zero attached hydrogens (tertiary/aromatic N) is 13. The first-order valence-corrected chi connectivity index (χ1v) is 42.2. The summed E-state index contributed by atoms with van der Waals surface area (Å²) in [5.41, 5.74) is 14.4. The number of hydrogen-bond donors (Lipinski definition) is 5. The molecule has 5 N–H and O–H groups in total. The largest absolute Gasteiger partial charge is 0.417 e. The molecule has 22 nitrogen and oxygen atoms in total. The number of imidazole rings is 4. The lowest BCUT2D eigenvalue weighted by atomic mass is 9.98. The van der Waals surface area contributed by atoms with Crippen molar-refractivity contribution in [3.8, 4) is 90.5 Å². The zero-order valence-corrected chi connectivity index (χ0v) is 72.8. The highest BCUT2D eigenvalue weighted by Gasteiger charge is 2.39. The number of fused-ring (bicyclic) bond motifs is 4. The maximum absolute atomic E-state index is 13.8. The van der Waals surface area contributed by atoms with Crippen molar-refractivity contribution in [2.24, 2.45) is 0 Å². The maximum Gasteiger partial charge on any atom is 0.417 e. The van der Waals surface area contributed by atoms with Gasteiger partial charge in [0.1, 0.15) is 29.2 Å². The van der Waals surface area contributed by atoms with Crippen molar-refractivity contribution in [1.29, 1.82) is 0 Å². The molecule has 0 bridgehead atoms. The number of aromatic nitrogens is 14. The van der Waals surface area contributed by atoms with Gasteiger partial charge in [0.2, 0.25) is 0 Å². The molecule has 0 saturated carbocycles. The summed E-state index contributed by atoms with van der Waals surface area (Å²) in [4.78, 5) is 86.5. The van der Waals surface area contributed by atoms with Crippen LogP contribution >= 0.6 is 0 Å². The standard InChI is InChI=1S/2C27H19F3N4O.C26H18F3N5O.C25H21N5O/c1-17-6-9-20(10-7-17)33-26(35)22-14-18(8-11-23(22)27(28,29)30)21-5-3-13-34-24(21)16-32-25(34)19-4-2-12-31-15-19;1-17-7-10-19(11-8-17)33-26(35)21-15-18(9-12-22(21)27(28,29)30)20-5-4-14-34-24(20)16-32-25(34)23-6-2-3-13-31-23;1-16-4-7-18(8-5-16)33-25(35)20-13-17(6-9-21(20)26(27,28)29)19-3-2-12-34-23(19)14-31-24(34)22-10-11-30-15-32-22;1-16-5-9-19(10-6-16)28-25(31)21-14-18(8-7-17(21)2)20-4-3-13-30-23(20)15-26-24(30)22-11-12-27-29-22/h2*2-16H,1H3,(H,33,35);2-15H,1H3,(H,33,35);3-15H,1-2H3,(H,27,29)(H,28,31). The van der Waals surface area contributed by atoms with E-state index in [-0.39, 0.29) is 5.91 Å². The summed E-state index contributed by atoms with van der Waals surface area (Å²) < 4.78 is 131. The molecule has 0 fully saturated rings. The molecule has 0 spiro atoms. The van der Waals surface area contributed by atoms with Gasteiger partial charge in [-0.3, -0.25) is 51.8 Å². The molecule has 12 heterocycles. The molecule has 0 radical (unpaired) electrons. The number of aromatic amines is 1. The van der Waals surface area contributed by atoms with Crippen LogP contribution < -0.4 is 21.3 Å². The number of pyridine rings is 6. The van der Waals surface area contributed by atoms with E-state index < -0.39 is 69.6 Å². The quantitative estimate of drug-likeness (QED) is 0.0564. The van der Waals surface area contributed by atoms with E-state index in [1.54, 1.807) is 188 Å². The molecule has 20 aromatic rings. The first-order chi connectivity index (χ1) is 65.5. The second-order valence-electron chi connectivity index (χ2n) is 31.6. The minimum atomic E-state index is -4.69. The summed E-state index contributed by atoms with van der Waals surface area (Å²) in [6, 6.07) is 72.5. The van der Waals surface area contributed by atoms with E-state index in [4.69, 9.17) is 0 Å². The van der Waals surface area contributed by atoms with Gasteiger partial charge >= 0.3 is 18.5 Å². The minimum absolute atomic E-state index is 0.123. The lowest BCUT2D eigenvalue weighted by molar-refractivity contribution is -0.138. The number of amides is 4. The molecule has 136 heavy (non-hydrogen) atoms. The van der Waals surface area contributed by atoms with Gasteiger partial charge in [0.15, 0.2) is 17.5 Å². The van der Waals surface area contributed by atoms with Gasteiger partial charge in [-0.15, -0.1) is 0 Å². The Morgan fingerprint density at radius 3 is 1.01 bits per heavy atom. The molecule has 31 heteroatoms. The van der Waals surface area contributed by atoms with Crippen LogP contribution in [0.1, 0.15) is 85.9 Å². The van der Waals surface area contributed by atoms with Crippen LogP contribution in [0.5, 0.6) is 0 Å². The van der Waals surface area contributed by atoms with E-state index in [9.17, 15) is 58.7 Å². The van der Waals surface area contributed by atoms with Crippen LogP contribution in [0.2, 0.25) is 0 Å². The summed E-state index contributed by atoms with van der Waals surface area (Å²) in [7, 11) is 0.